The average molecular weight is 361 g/mol. The van der Waals surface area contributed by atoms with Crippen LogP contribution >= 0.6 is 0 Å². The van der Waals surface area contributed by atoms with Gasteiger partial charge in [0.2, 0.25) is 0 Å². The fraction of sp³-hybridized carbons (Fsp3) is 0.800. The minimum atomic E-state index is 0.323. The number of aryl methyl sites for hydroxylation is 1. The molecule has 1 saturated carbocycles. The number of likely N-dealkylation sites (tertiary alicyclic amines) is 1. The van der Waals surface area contributed by atoms with Gasteiger partial charge in [0.25, 0.3) is 0 Å². The zero-order valence-electron chi connectivity index (χ0n) is 16.6. The minimum absolute atomic E-state index is 0.323. The lowest BCUT2D eigenvalue weighted by Crippen LogP contribution is -2.59. The molecule has 1 aliphatic heterocycles. The first-order valence-electron chi connectivity index (χ1n) is 10.5. The van der Waals surface area contributed by atoms with E-state index in [0.29, 0.717) is 12.1 Å². The number of nitrogens with one attached hydrogen (secondary N) is 2. The monoisotopic (exact) mass is 360 g/mol. The van der Waals surface area contributed by atoms with Gasteiger partial charge in [0, 0.05) is 37.4 Å². The van der Waals surface area contributed by atoms with E-state index in [-0.39, 0.29) is 0 Å². The molecule has 0 unspecified atom stereocenters. The van der Waals surface area contributed by atoms with Crippen molar-refractivity contribution in [2.75, 3.05) is 26.2 Å². The zero-order valence-corrected chi connectivity index (χ0v) is 16.6. The molecule has 1 saturated heterocycles. The molecule has 1 aromatic rings. The summed E-state index contributed by atoms with van der Waals surface area (Å²) in [6.45, 7) is 7.22. The van der Waals surface area contributed by atoms with E-state index in [1.54, 1.807) is 0 Å². The Bertz CT molecular complexity index is 567. The third-order valence-corrected chi connectivity index (χ3v) is 5.92. The van der Waals surface area contributed by atoms with Crippen LogP contribution in [0.3, 0.4) is 0 Å². The molecular weight excluding hydrogens is 324 g/mol. The highest BCUT2D eigenvalue weighted by atomic mass is 15.3. The summed E-state index contributed by atoms with van der Waals surface area (Å²) in [5, 5.41) is 11.3. The highest BCUT2D eigenvalue weighted by molar-refractivity contribution is 5.79. The summed E-state index contributed by atoms with van der Waals surface area (Å²) in [6.07, 6.45) is 14.8. The Balaban J connectivity index is 1.64. The molecule has 146 valence electrons. The quantitative estimate of drug-likeness (QED) is 0.605. The van der Waals surface area contributed by atoms with Gasteiger partial charge in [0.15, 0.2) is 5.96 Å². The fourth-order valence-corrected chi connectivity index (χ4v) is 4.50. The molecule has 6 heteroatoms. The standard InChI is InChI=1S/C20H36N6/c1-3-21-19(22-14-18-15-24-25(2)16-18)23-17-20(10-6-4-7-11-20)26-12-8-5-9-13-26/h15-16H,3-14,17H2,1-2H3,(H2,21,22,23). The van der Waals surface area contributed by atoms with Crippen molar-refractivity contribution in [1.82, 2.24) is 25.3 Å². The van der Waals surface area contributed by atoms with Gasteiger partial charge >= 0.3 is 0 Å². The molecule has 0 aromatic carbocycles. The maximum absolute atomic E-state index is 4.78. The summed E-state index contributed by atoms with van der Waals surface area (Å²) in [5.74, 6) is 0.929. The molecule has 2 heterocycles. The van der Waals surface area contributed by atoms with Gasteiger partial charge in [-0.25, -0.2) is 4.99 Å². The molecule has 3 rings (SSSR count). The van der Waals surface area contributed by atoms with Gasteiger partial charge in [-0.05, 0) is 45.7 Å². The number of guanidine groups is 1. The first-order valence-corrected chi connectivity index (χ1v) is 10.5. The van der Waals surface area contributed by atoms with Crippen LogP contribution in [0.25, 0.3) is 0 Å². The Kier molecular flexibility index (Phi) is 6.94. The molecule has 2 fully saturated rings. The molecule has 0 amide bonds. The Labute approximate surface area is 158 Å². The van der Waals surface area contributed by atoms with Crippen LogP contribution in [0.2, 0.25) is 0 Å². The fourth-order valence-electron chi connectivity index (χ4n) is 4.50. The highest BCUT2D eigenvalue weighted by Gasteiger charge is 2.38. The van der Waals surface area contributed by atoms with Gasteiger partial charge in [-0.1, -0.05) is 25.7 Å². The van der Waals surface area contributed by atoms with E-state index < -0.39 is 0 Å². The van der Waals surface area contributed by atoms with E-state index in [9.17, 15) is 0 Å². The van der Waals surface area contributed by atoms with Crippen molar-refractivity contribution in [3.05, 3.63) is 18.0 Å². The number of rotatable bonds is 6. The van der Waals surface area contributed by atoms with Crippen LogP contribution < -0.4 is 10.6 Å². The molecule has 6 nitrogen and oxygen atoms in total. The van der Waals surface area contributed by atoms with Gasteiger partial charge in [0.1, 0.15) is 0 Å². The molecule has 0 bridgehead atoms. The van der Waals surface area contributed by atoms with Crippen LogP contribution in [0.5, 0.6) is 0 Å². The maximum atomic E-state index is 4.78. The van der Waals surface area contributed by atoms with Crippen molar-refractivity contribution in [1.29, 1.82) is 0 Å². The van der Waals surface area contributed by atoms with Gasteiger partial charge in [-0.2, -0.15) is 5.10 Å². The van der Waals surface area contributed by atoms with Crippen LogP contribution in [0.4, 0.5) is 0 Å². The second-order valence-electron chi connectivity index (χ2n) is 7.90. The summed E-state index contributed by atoms with van der Waals surface area (Å²) in [6, 6.07) is 0. The molecule has 2 aliphatic rings. The number of nitrogens with zero attached hydrogens (tertiary/aromatic N) is 4. The van der Waals surface area contributed by atoms with E-state index >= 15 is 0 Å². The number of hydrogen-bond acceptors (Lipinski definition) is 3. The predicted octanol–water partition coefficient (Wildman–Crippen LogP) is 2.66. The third-order valence-electron chi connectivity index (χ3n) is 5.92. The van der Waals surface area contributed by atoms with Crippen LogP contribution in [0, 0.1) is 0 Å². The summed E-state index contributed by atoms with van der Waals surface area (Å²) in [5.41, 5.74) is 1.47. The van der Waals surface area contributed by atoms with E-state index in [1.807, 2.05) is 24.1 Å². The lowest BCUT2D eigenvalue weighted by atomic mass is 9.79. The van der Waals surface area contributed by atoms with Crippen LogP contribution in [0.1, 0.15) is 63.9 Å². The minimum Gasteiger partial charge on any atom is -0.357 e. The SMILES string of the molecule is CCNC(=NCc1cnn(C)c1)NCC1(N2CCCCC2)CCCCC1. The normalized spacial score (nSPS) is 21.5. The van der Waals surface area contributed by atoms with Crippen molar-refractivity contribution in [3.63, 3.8) is 0 Å². The summed E-state index contributed by atoms with van der Waals surface area (Å²) < 4.78 is 1.83. The first-order chi connectivity index (χ1) is 12.7. The molecule has 26 heavy (non-hydrogen) atoms. The number of aliphatic imine (C=N–C) groups is 1. The van der Waals surface area contributed by atoms with E-state index in [2.05, 4.69) is 27.6 Å². The van der Waals surface area contributed by atoms with Crippen molar-refractivity contribution in [2.24, 2.45) is 12.0 Å². The molecule has 0 atom stereocenters. The highest BCUT2D eigenvalue weighted by Crippen LogP contribution is 2.35. The number of aromatic nitrogens is 2. The Morgan fingerprint density at radius 1 is 1.12 bits per heavy atom. The average Bonchev–Trinajstić information content (AvgIpc) is 3.11. The molecule has 0 radical (unpaired) electrons. The van der Waals surface area contributed by atoms with Crippen molar-refractivity contribution >= 4 is 5.96 Å². The maximum Gasteiger partial charge on any atom is 0.191 e. The summed E-state index contributed by atoms with van der Waals surface area (Å²) >= 11 is 0. The van der Waals surface area contributed by atoms with Crippen molar-refractivity contribution < 1.29 is 0 Å². The second kappa shape index (κ2) is 9.40. The topological polar surface area (TPSA) is 57.5 Å². The van der Waals surface area contributed by atoms with Crippen molar-refractivity contribution in [2.45, 2.75) is 70.4 Å². The largest absolute Gasteiger partial charge is 0.357 e. The summed E-state index contributed by atoms with van der Waals surface area (Å²) in [7, 11) is 1.95. The lowest BCUT2D eigenvalue weighted by Gasteiger charge is -2.48. The van der Waals surface area contributed by atoms with Gasteiger partial charge in [0.05, 0.1) is 12.7 Å². The first kappa shape index (κ1) is 19.2. The molecular formula is C20H36N6. The third kappa shape index (κ3) is 5.00. The van der Waals surface area contributed by atoms with Crippen LogP contribution in [0.15, 0.2) is 17.4 Å². The molecule has 1 aromatic heterocycles. The second-order valence-corrected chi connectivity index (χ2v) is 7.90. The van der Waals surface area contributed by atoms with E-state index in [0.717, 1.165) is 24.6 Å². The Hall–Kier alpha value is -1.56. The predicted molar refractivity (Wildman–Crippen MR) is 107 cm³/mol. The van der Waals surface area contributed by atoms with Crippen LogP contribution in [-0.2, 0) is 13.6 Å². The number of hydrogen-bond donors (Lipinski definition) is 2. The van der Waals surface area contributed by atoms with Gasteiger partial charge in [-0.3, -0.25) is 9.58 Å². The van der Waals surface area contributed by atoms with Crippen molar-refractivity contribution in [3.8, 4) is 0 Å². The zero-order chi connectivity index (χ0) is 18.2. The number of piperidine rings is 1. The molecule has 1 aliphatic carbocycles. The smallest absolute Gasteiger partial charge is 0.191 e. The van der Waals surface area contributed by atoms with Gasteiger partial charge in [-0.15, -0.1) is 0 Å². The Morgan fingerprint density at radius 2 is 1.85 bits per heavy atom. The lowest BCUT2D eigenvalue weighted by molar-refractivity contribution is 0.0368. The van der Waals surface area contributed by atoms with E-state index in [4.69, 9.17) is 4.99 Å². The Morgan fingerprint density at radius 3 is 2.50 bits per heavy atom. The molecule has 2 N–H and O–H groups in total. The summed E-state index contributed by atoms with van der Waals surface area (Å²) in [4.78, 5) is 7.57. The van der Waals surface area contributed by atoms with E-state index in [1.165, 1.54) is 64.5 Å². The molecule has 0 spiro atoms. The van der Waals surface area contributed by atoms with Gasteiger partial charge < -0.3 is 10.6 Å². The van der Waals surface area contributed by atoms with Crippen LogP contribution in [-0.4, -0.2) is 52.4 Å².